The number of rotatable bonds is 3. The van der Waals surface area contributed by atoms with Gasteiger partial charge in [0.25, 0.3) is 0 Å². The summed E-state index contributed by atoms with van der Waals surface area (Å²) < 4.78 is 6.95. The lowest BCUT2D eigenvalue weighted by Gasteiger charge is -2.06. The van der Waals surface area contributed by atoms with Gasteiger partial charge in [-0.3, -0.25) is 0 Å². The van der Waals surface area contributed by atoms with Gasteiger partial charge in [-0.1, -0.05) is 17.3 Å². The first-order valence-electron chi connectivity index (χ1n) is 6.15. The minimum atomic E-state index is 0.518. The molecular formula is C13H15N5O. The van der Waals surface area contributed by atoms with Crippen LogP contribution in [0.2, 0.25) is 0 Å². The van der Waals surface area contributed by atoms with Crippen molar-refractivity contribution in [3.05, 3.63) is 35.5 Å². The smallest absolute Gasteiger partial charge is 0.223 e. The van der Waals surface area contributed by atoms with Gasteiger partial charge < -0.3 is 14.8 Å². The van der Waals surface area contributed by atoms with E-state index in [0.717, 1.165) is 16.6 Å². The molecule has 0 saturated carbocycles. The van der Waals surface area contributed by atoms with E-state index in [-0.39, 0.29) is 0 Å². The molecule has 6 nitrogen and oxygen atoms in total. The molecule has 0 radical (unpaired) electrons. The Kier molecular flexibility index (Phi) is 2.70. The molecule has 0 saturated heterocycles. The maximum Gasteiger partial charge on any atom is 0.223 e. The van der Waals surface area contributed by atoms with Crippen molar-refractivity contribution >= 4 is 17.0 Å². The zero-order valence-electron chi connectivity index (χ0n) is 10.9. The molecule has 3 rings (SSSR count). The van der Waals surface area contributed by atoms with E-state index in [1.54, 1.807) is 6.92 Å². The lowest BCUT2D eigenvalue weighted by atomic mass is 10.2. The van der Waals surface area contributed by atoms with Crippen LogP contribution in [0.3, 0.4) is 0 Å². The van der Waals surface area contributed by atoms with E-state index >= 15 is 0 Å². The van der Waals surface area contributed by atoms with Crippen molar-refractivity contribution in [1.29, 1.82) is 0 Å². The average Bonchev–Trinajstić information content (AvgIpc) is 2.91. The summed E-state index contributed by atoms with van der Waals surface area (Å²) in [5.41, 5.74) is 9.13. The van der Waals surface area contributed by atoms with Crippen LogP contribution in [0.15, 0.2) is 22.7 Å². The Bertz CT molecular complexity index is 728. The normalized spacial score (nSPS) is 11.3. The maximum absolute atomic E-state index is 5.98. The molecule has 6 heteroatoms. The van der Waals surface area contributed by atoms with Crippen LogP contribution in [-0.2, 0) is 13.0 Å². The molecular weight excluding hydrogens is 242 g/mol. The zero-order chi connectivity index (χ0) is 13.4. The molecule has 0 aliphatic heterocycles. The van der Waals surface area contributed by atoms with Gasteiger partial charge >= 0.3 is 0 Å². The Morgan fingerprint density at radius 3 is 2.84 bits per heavy atom. The van der Waals surface area contributed by atoms with Crippen molar-refractivity contribution in [3.8, 4) is 0 Å². The molecule has 0 aliphatic carbocycles. The monoisotopic (exact) mass is 257 g/mol. The first-order chi connectivity index (χ1) is 9.15. The quantitative estimate of drug-likeness (QED) is 0.774. The number of imidazole rings is 1. The number of aryl methyl sites for hydroxylation is 4. The van der Waals surface area contributed by atoms with Crippen LogP contribution in [0.5, 0.6) is 0 Å². The second-order valence-electron chi connectivity index (χ2n) is 4.54. The maximum atomic E-state index is 5.98. The third kappa shape index (κ3) is 2.05. The molecule has 0 aliphatic rings. The summed E-state index contributed by atoms with van der Waals surface area (Å²) in [4.78, 5) is 8.56. The summed E-state index contributed by atoms with van der Waals surface area (Å²) in [5.74, 6) is 1.78. The van der Waals surface area contributed by atoms with Gasteiger partial charge in [0.2, 0.25) is 11.8 Å². The highest BCUT2D eigenvalue weighted by molar-refractivity contribution is 5.81. The first kappa shape index (κ1) is 11.7. The van der Waals surface area contributed by atoms with Gasteiger partial charge in [-0.25, -0.2) is 4.98 Å². The number of fused-ring (bicyclic) bond motifs is 1. The molecule has 1 aromatic carbocycles. The SMILES string of the molecule is Cc1nc(CCn2c(N)nc3cccc(C)c32)no1. The van der Waals surface area contributed by atoms with E-state index in [0.29, 0.717) is 30.6 Å². The molecule has 0 amide bonds. The fourth-order valence-corrected chi connectivity index (χ4v) is 2.26. The fourth-order valence-electron chi connectivity index (χ4n) is 2.26. The highest BCUT2D eigenvalue weighted by Crippen LogP contribution is 2.21. The van der Waals surface area contributed by atoms with Crippen LogP contribution in [0.4, 0.5) is 5.95 Å². The van der Waals surface area contributed by atoms with Crippen LogP contribution in [0.1, 0.15) is 17.3 Å². The molecule has 0 spiro atoms. The summed E-state index contributed by atoms with van der Waals surface area (Å²) in [5, 5.41) is 3.89. The summed E-state index contributed by atoms with van der Waals surface area (Å²) in [6.45, 7) is 4.52. The summed E-state index contributed by atoms with van der Waals surface area (Å²) in [6.07, 6.45) is 0.668. The number of anilines is 1. The largest absolute Gasteiger partial charge is 0.369 e. The molecule has 3 aromatic rings. The summed E-state index contributed by atoms with van der Waals surface area (Å²) >= 11 is 0. The molecule has 98 valence electrons. The van der Waals surface area contributed by atoms with Crippen molar-refractivity contribution in [2.75, 3.05) is 5.73 Å². The predicted octanol–water partition coefficient (Wildman–Crippen LogP) is 1.86. The number of benzene rings is 1. The van der Waals surface area contributed by atoms with Crippen molar-refractivity contribution < 1.29 is 4.52 Å². The van der Waals surface area contributed by atoms with Gasteiger partial charge in [0.1, 0.15) is 0 Å². The Balaban J connectivity index is 1.94. The van der Waals surface area contributed by atoms with Gasteiger partial charge in [-0.05, 0) is 18.6 Å². The lowest BCUT2D eigenvalue weighted by molar-refractivity contribution is 0.386. The van der Waals surface area contributed by atoms with Crippen molar-refractivity contribution in [2.45, 2.75) is 26.8 Å². The summed E-state index contributed by atoms with van der Waals surface area (Å²) in [7, 11) is 0. The number of hydrogen-bond donors (Lipinski definition) is 1. The lowest BCUT2D eigenvalue weighted by Crippen LogP contribution is -2.07. The van der Waals surface area contributed by atoms with Gasteiger partial charge in [0.15, 0.2) is 5.82 Å². The van der Waals surface area contributed by atoms with Crippen LogP contribution in [0, 0.1) is 13.8 Å². The second kappa shape index (κ2) is 4.38. The minimum Gasteiger partial charge on any atom is -0.369 e. The molecule has 0 fully saturated rings. The molecule has 19 heavy (non-hydrogen) atoms. The standard InChI is InChI=1S/C13H15N5O/c1-8-4-3-5-10-12(8)18(13(14)16-10)7-6-11-15-9(2)19-17-11/h3-5H,6-7H2,1-2H3,(H2,14,16). The second-order valence-corrected chi connectivity index (χ2v) is 4.54. The molecule has 2 heterocycles. The van der Waals surface area contributed by atoms with E-state index in [2.05, 4.69) is 28.1 Å². The highest BCUT2D eigenvalue weighted by atomic mass is 16.5. The van der Waals surface area contributed by atoms with Crippen LogP contribution in [-0.4, -0.2) is 19.7 Å². The Morgan fingerprint density at radius 1 is 1.26 bits per heavy atom. The Morgan fingerprint density at radius 2 is 2.11 bits per heavy atom. The molecule has 0 unspecified atom stereocenters. The van der Waals surface area contributed by atoms with E-state index in [4.69, 9.17) is 10.3 Å². The highest BCUT2D eigenvalue weighted by Gasteiger charge is 2.11. The number of hydrogen-bond acceptors (Lipinski definition) is 5. The van der Waals surface area contributed by atoms with Crippen molar-refractivity contribution in [3.63, 3.8) is 0 Å². The van der Waals surface area contributed by atoms with Crippen LogP contribution < -0.4 is 5.73 Å². The fraction of sp³-hybridized carbons (Fsp3) is 0.308. The summed E-state index contributed by atoms with van der Waals surface area (Å²) in [6, 6.07) is 6.00. The average molecular weight is 257 g/mol. The zero-order valence-corrected chi connectivity index (χ0v) is 10.9. The first-order valence-corrected chi connectivity index (χ1v) is 6.15. The van der Waals surface area contributed by atoms with Gasteiger partial charge in [0.05, 0.1) is 11.0 Å². The van der Waals surface area contributed by atoms with E-state index < -0.39 is 0 Å². The number of aromatic nitrogens is 4. The number of nitrogens with two attached hydrogens (primary N) is 1. The Labute approximate surface area is 110 Å². The number of nitrogen functional groups attached to an aromatic ring is 1. The topological polar surface area (TPSA) is 82.8 Å². The molecule has 0 bridgehead atoms. The van der Waals surface area contributed by atoms with E-state index in [1.807, 2.05) is 16.7 Å². The molecule has 0 atom stereocenters. The van der Waals surface area contributed by atoms with E-state index in [1.165, 1.54) is 0 Å². The number of nitrogens with zero attached hydrogens (tertiary/aromatic N) is 4. The van der Waals surface area contributed by atoms with Gasteiger partial charge in [0, 0.05) is 19.9 Å². The number of para-hydroxylation sites is 1. The van der Waals surface area contributed by atoms with Crippen molar-refractivity contribution in [1.82, 2.24) is 19.7 Å². The predicted molar refractivity (Wildman–Crippen MR) is 71.6 cm³/mol. The van der Waals surface area contributed by atoms with Crippen molar-refractivity contribution in [2.24, 2.45) is 0 Å². The third-order valence-corrected chi connectivity index (χ3v) is 3.13. The van der Waals surface area contributed by atoms with Crippen LogP contribution >= 0.6 is 0 Å². The minimum absolute atomic E-state index is 0.518. The van der Waals surface area contributed by atoms with Gasteiger partial charge in [-0.15, -0.1) is 0 Å². The third-order valence-electron chi connectivity index (χ3n) is 3.13. The van der Waals surface area contributed by atoms with Crippen LogP contribution in [0.25, 0.3) is 11.0 Å². The molecule has 2 aromatic heterocycles. The molecule has 2 N–H and O–H groups in total. The Hall–Kier alpha value is -2.37. The van der Waals surface area contributed by atoms with Gasteiger partial charge in [-0.2, -0.15) is 4.98 Å². The van der Waals surface area contributed by atoms with E-state index in [9.17, 15) is 0 Å².